The summed E-state index contributed by atoms with van der Waals surface area (Å²) in [4.78, 5) is 15.8. The van der Waals surface area contributed by atoms with Crippen LogP contribution in [0.1, 0.15) is 78.2 Å². The van der Waals surface area contributed by atoms with Gasteiger partial charge in [0, 0.05) is 29.6 Å². The van der Waals surface area contributed by atoms with Crippen molar-refractivity contribution in [2.45, 2.75) is 89.8 Å². The van der Waals surface area contributed by atoms with Crippen LogP contribution in [0.5, 0.6) is 5.75 Å². The third kappa shape index (κ3) is 4.89. The Kier molecular flexibility index (Phi) is 6.09. The number of methoxy groups -OCH3 is 1. The zero-order chi connectivity index (χ0) is 20.5. The molecule has 28 heavy (non-hydrogen) atoms. The molecule has 0 aromatic heterocycles. The van der Waals surface area contributed by atoms with E-state index in [1.165, 1.54) is 5.56 Å². The van der Waals surface area contributed by atoms with Crippen molar-refractivity contribution in [1.82, 2.24) is 10.2 Å². The van der Waals surface area contributed by atoms with Gasteiger partial charge >= 0.3 is 0 Å². The van der Waals surface area contributed by atoms with Crippen molar-refractivity contribution < 1.29 is 9.53 Å². The van der Waals surface area contributed by atoms with Crippen molar-refractivity contribution in [3.8, 4) is 5.75 Å². The largest absolute Gasteiger partial charge is 0.497 e. The minimum absolute atomic E-state index is 0.0517. The van der Waals surface area contributed by atoms with Crippen LogP contribution in [0.4, 0.5) is 0 Å². The molecule has 1 aromatic rings. The third-order valence-corrected chi connectivity index (χ3v) is 6.30. The number of carbonyl (C=O) groups is 1. The summed E-state index contributed by atoms with van der Waals surface area (Å²) in [6.07, 6.45) is 5.22. The molecule has 1 N–H and O–H groups in total. The van der Waals surface area contributed by atoms with Gasteiger partial charge in [-0.25, -0.2) is 0 Å². The van der Waals surface area contributed by atoms with Gasteiger partial charge in [0.2, 0.25) is 5.91 Å². The topological polar surface area (TPSA) is 41.6 Å². The molecule has 1 aromatic carbocycles. The van der Waals surface area contributed by atoms with Crippen molar-refractivity contribution in [3.05, 3.63) is 29.8 Å². The highest BCUT2D eigenvalue weighted by Crippen LogP contribution is 2.49. The second kappa shape index (κ2) is 8.06. The van der Waals surface area contributed by atoms with E-state index in [0.717, 1.165) is 44.4 Å². The molecule has 2 fully saturated rings. The molecule has 1 heterocycles. The Balaban J connectivity index is 1.73. The third-order valence-electron chi connectivity index (χ3n) is 6.30. The van der Waals surface area contributed by atoms with E-state index >= 15 is 0 Å². The Morgan fingerprint density at radius 1 is 1.14 bits per heavy atom. The molecule has 1 saturated heterocycles. The monoisotopic (exact) mass is 386 g/mol. The van der Waals surface area contributed by atoms with Gasteiger partial charge in [0.05, 0.1) is 7.11 Å². The Morgan fingerprint density at radius 3 is 2.29 bits per heavy atom. The number of ether oxygens (including phenoxy) is 1. The van der Waals surface area contributed by atoms with Crippen molar-refractivity contribution in [2.75, 3.05) is 13.7 Å². The van der Waals surface area contributed by atoms with Crippen LogP contribution in [-0.2, 0) is 4.79 Å². The number of carbonyl (C=O) groups excluding carboxylic acids is 1. The number of hydrogen-bond acceptors (Lipinski definition) is 3. The first-order chi connectivity index (χ1) is 13.2. The lowest BCUT2D eigenvalue weighted by Crippen LogP contribution is -2.63. The number of piperidine rings is 1. The molecule has 1 aliphatic carbocycles. The van der Waals surface area contributed by atoms with Crippen LogP contribution in [0.15, 0.2) is 24.3 Å². The molecule has 2 aliphatic rings. The number of hydrogen-bond donors (Lipinski definition) is 1. The molecule has 3 rings (SSSR count). The number of amides is 1. The number of benzene rings is 1. The van der Waals surface area contributed by atoms with Gasteiger partial charge in [0.1, 0.15) is 5.75 Å². The predicted octanol–water partition coefficient (Wildman–Crippen LogP) is 4.74. The molecule has 0 spiro atoms. The molecule has 4 nitrogen and oxygen atoms in total. The molecule has 2 atom stereocenters. The van der Waals surface area contributed by atoms with Crippen LogP contribution in [0.2, 0.25) is 0 Å². The lowest BCUT2D eigenvalue weighted by atomic mass is 9.78. The Bertz CT molecular complexity index is 664. The minimum Gasteiger partial charge on any atom is -0.497 e. The van der Waals surface area contributed by atoms with Gasteiger partial charge in [-0.2, -0.15) is 0 Å². The Labute approximate surface area is 171 Å². The normalized spacial score (nSPS) is 25.9. The molecule has 0 radical (unpaired) electrons. The molecular weight excluding hydrogens is 348 g/mol. The first-order valence-electron chi connectivity index (χ1n) is 10.9. The van der Waals surface area contributed by atoms with E-state index in [9.17, 15) is 4.79 Å². The predicted molar refractivity (Wildman–Crippen MR) is 115 cm³/mol. The van der Waals surface area contributed by atoms with E-state index in [-0.39, 0.29) is 17.0 Å². The van der Waals surface area contributed by atoms with E-state index in [4.69, 9.17) is 4.74 Å². The van der Waals surface area contributed by atoms with Gasteiger partial charge in [-0.05, 0) is 77.0 Å². The van der Waals surface area contributed by atoms with Crippen LogP contribution in [0.3, 0.4) is 0 Å². The van der Waals surface area contributed by atoms with Crippen molar-refractivity contribution in [3.63, 3.8) is 0 Å². The second-order valence-corrected chi connectivity index (χ2v) is 10.1. The summed E-state index contributed by atoms with van der Waals surface area (Å²) in [5.74, 6) is 1.75. The van der Waals surface area contributed by atoms with E-state index in [1.54, 1.807) is 7.11 Å². The lowest BCUT2D eigenvalue weighted by molar-refractivity contribution is -0.137. The summed E-state index contributed by atoms with van der Waals surface area (Å²) in [5.41, 5.74) is 1.37. The van der Waals surface area contributed by atoms with Gasteiger partial charge in [-0.3, -0.25) is 4.79 Å². The maximum atomic E-state index is 13.5. The molecule has 1 amide bonds. The first kappa shape index (κ1) is 21.2. The second-order valence-electron chi connectivity index (χ2n) is 10.1. The maximum absolute atomic E-state index is 13.5. The first-order valence-corrected chi connectivity index (χ1v) is 10.9. The number of nitrogens with one attached hydrogen (secondary N) is 1. The number of nitrogens with zero attached hydrogens (tertiary/aromatic N) is 1. The number of unbranched alkanes of at least 4 members (excludes halogenated alkanes) is 1. The zero-order valence-corrected chi connectivity index (χ0v) is 18.5. The Morgan fingerprint density at radius 2 is 1.75 bits per heavy atom. The average molecular weight is 387 g/mol. The minimum atomic E-state index is 0.0517. The quantitative estimate of drug-likeness (QED) is 0.736. The van der Waals surface area contributed by atoms with Crippen LogP contribution < -0.4 is 10.1 Å². The smallest absolute Gasteiger partial charge is 0.226 e. The highest BCUT2D eigenvalue weighted by atomic mass is 16.5. The van der Waals surface area contributed by atoms with Gasteiger partial charge in [-0.15, -0.1) is 0 Å². The zero-order valence-electron chi connectivity index (χ0n) is 18.5. The van der Waals surface area contributed by atoms with Crippen LogP contribution in [-0.4, -0.2) is 41.6 Å². The summed E-state index contributed by atoms with van der Waals surface area (Å²) in [6, 6.07) is 8.56. The summed E-state index contributed by atoms with van der Waals surface area (Å²) in [7, 11) is 1.69. The van der Waals surface area contributed by atoms with E-state index < -0.39 is 0 Å². The SMILES string of the molecule is CCCCN(C(=O)C1CC1c1ccc(OC)cc1)C1CC(C)(C)NC(C)(C)C1. The van der Waals surface area contributed by atoms with E-state index in [1.807, 2.05) is 12.1 Å². The van der Waals surface area contributed by atoms with Crippen LogP contribution in [0, 0.1) is 5.92 Å². The van der Waals surface area contributed by atoms with Gasteiger partial charge in [-0.1, -0.05) is 25.5 Å². The fourth-order valence-electron chi connectivity index (χ4n) is 5.19. The summed E-state index contributed by atoms with van der Waals surface area (Å²) >= 11 is 0. The highest BCUT2D eigenvalue weighted by molar-refractivity contribution is 5.83. The van der Waals surface area contributed by atoms with E-state index in [2.05, 4.69) is 57.0 Å². The molecule has 1 saturated carbocycles. The van der Waals surface area contributed by atoms with Gasteiger partial charge in [0.25, 0.3) is 0 Å². The van der Waals surface area contributed by atoms with Gasteiger partial charge < -0.3 is 15.0 Å². The fourth-order valence-corrected chi connectivity index (χ4v) is 5.19. The highest BCUT2D eigenvalue weighted by Gasteiger charge is 2.48. The van der Waals surface area contributed by atoms with Crippen molar-refractivity contribution >= 4 is 5.91 Å². The van der Waals surface area contributed by atoms with Crippen molar-refractivity contribution in [2.24, 2.45) is 5.92 Å². The van der Waals surface area contributed by atoms with E-state index in [0.29, 0.717) is 17.9 Å². The number of rotatable bonds is 7. The molecule has 4 heteroatoms. The van der Waals surface area contributed by atoms with Gasteiger partial charge in [0.15, 0.2) is 0 Å². The van der Waals surface area contributed by atoms with Crippen LogP contribution >= 0.6 is 0 Å². The summed E-state index contributed by atoms with van der Waals surface area (Å²) in [6.45, 7) is 12.1. The lowest BCUT2D eigenvalue weighted by Gasteiger charge is -2.49. The fraction of sp³-hybridized carbons (Fsp3) is 0.708. The molecule has 156 valence electrons. The standard InChI is InChI=1S/C24H38N2O2/c1-7-8-13-26(18-15-23(2,3)25-24(4,5)16-18)22(27)21-14-20(21)17-9-11-19(28-6)12-10-17/h9-12,18,20-21,25H,7-8,13-16H2,1-6H3. The Hall–Kier alpha value is -1.55. The molecule has 0 bridgehead atoms. The van der Waals surface area contributed by atoms with Crippen LogP contribution in [0.25, 0.3) is 0 Å². The average Bonchev–Trinajstić information content (AvgIpc) is 3.40. The molecule has 1 aliphatic heterocycles. The van der Waals surface area contributed by atoms with Crippen molar-refractivity contribution in [1.29, 1.82) is 0 Å². The summed E-state index contributed by atoms with van der Waals surface area (Å²) in [5, 5.41) is 3.75. The molecular formula is C24H38N2O2. The molecule has 2 unspecified atom stereocenters. The summed E-state index contributed by atoms with van der Waals surface area (Å²) < 4.78 is 5.26. The maximum Gasteiger partial charge on any atom is 0.226 e.